The van der Waals surface area contributed by atoms with Gasteiger partial charge in [-0.15, -0.1) is 0 Å². The Balaban J connectivity index is 1.87. The molecule has 22 heavy (non-hydrogen) atoms. The smallest absolute Gasteiger partial charge is 0.258 e. The van der Waals surface area contributed by atoms with E-state index in [0.29, 0.717) is 0 Å². The summed E-state index contributed by atoms with van der Waals surface area (Å²) < 4.78 is 0. The molecule has 4 heteroatoms. The first-order valence-electron chi connectivity index (χ1n) is 7.71. The van der Waals surface area contributed by atoms with E-state index in [0.717, 1.165) is 53.5 Å². The molecule has 0 aliphatic carbocycles. The Hall–Kier alpha value is -2.33. The van der Waals surface area contributed by atoms with Crippen LogP contribution in [-0.4, -0.2) is 43.1 Å². The molecule has 1 aliphatic rings. The number of pyridine rings is 1. The highest BCUT2D eigenvalue weighted by atomic mass is 16.1. The van der Waals surface area contributed by atoms with E-state index in [-0.39, 0.29) is 5.56 Å². The monoisotopic (exact) mass is 293 g/mol. The summed E-state index contributed by atoms with van der Waals surface area (Å²) in [5.74, 6) is 0.931. The number of aromatic nitrogens is 1. The predicted molar refractivity (Wildman–Crippen MR) is 91.8 cm³/mol. The topological polar surface area (TPSA) is 39.3 Å². The summed E-state index contributed by atoms with van der Waals surface area (Å²) in [6.07, 6.45) is 0. The zero-order valence-corrected chi connectivity index (χ0v) is 12.7. The number of likely N-dealkylation sites (N-methyl/N-ethyl adjacent to an activating group) is 1. The zero-order chi connectivity index (χ0) is 15.1. The number of nitrogens with one attached hydrogen (secondary N) is 1. The Bertz CT molecular complexity index is 892. The Morgan fingerprint density at radius 2 is 1.68 bits per heavy atom. The van der Waals surface area contributed by atoms with Gasteiger partial charge in [0.05, 0.1) is 5.39 Å². The molecule has 1 aliphatic heterocycles. The Morgan fingerprint density at radius 3 is 2.50 bits per heavy atom. The normalized spacial score (nSPS) is 16.5. The lowest BCUT2D eigenvalue weighted by atomic mass is 10.0. The third kappa shape index (κ3) is 2.16. The van der Waals surface area contributed by atoms with Crippen LogP contribution in [0.4, 0.5) is 5.82 Å². The number of hydrogen-bond acceptors (Lipinski definition) is 3. The van der Waals surface area contributed by atoms with Gasteiger partial charge in [-0.2, -0.15) is 0 Å². The summed E-state index contributed by atoms with van der Waals surface area (Å²) >= 11 is 0. The predicted octanol–water partition coefficient (Wildman–Crippen LogP) is 2.43. The van der Waals surface area contributed by atoms with Crippen LogP contribution in [0, 0.1) is 0 Å². The molecule has 112 valence electrons. The molecule has 0 spiro atoms. The minimum absolute atomic E-state index is 0.00299. The summed E-state index contributed by atoms with van der Waals surface area (Å²) in [6.45, 7) is 3.95. The van der Waals surface area contributed by atoms with Crippen LogP contribution in [0.2, 0.25) is 0 Å². The van der Waals surface area contributed by atoms with E-state index in [9.17, 15) is 4.79 Å². The van der Waals surface area contributed by atoms with E-state index in [1.165, 1.54) is 0 Å². The quantitative estimate of drug-likeness (QED) is 0.700. The summed E-state index contributed by atoms with van der Waals surface area (Å²) in [4.78, 5) is 20.3. The van der Waals surface area contributed by atoms with Crippen molar-refractivity contribution in [1.82, 2.24) is 9.88 Å². The minimum Gasteiger partial charge on any atom is -0.356 e. The van der Waals surface area contributed by atoms with Gasteiger partial charge in [-0.3, -0.25) is 4.79 Å². The van der Waals surface area contributed by atoms with Crippen molar-refractivity contribution < 1.29 is 0 Å². The first kappa shape index (κ1) is 13.3. The van der Waals surface area contributed by atoms with Gasteiger partial charge in [0.2, 0.25) is 0 Å². The summed E-state index contributed by atoms with van der Waals surface area (Å²) in [5.41, 5.74) is 0.00299. The average Bonchev–Trinajstić information content (AvgIpc) is 2.55. The first-order valence-corrected chi connectivity index (χ1v) is 7.71. The van der Waals surface area contributed by atoms with Crippen LogP contribution >= 0.6 is 0 Å². The second-order valence-corrected chi connectivity index (χ2v) is 6.02. The van der Waals surface area contributed by atoms with Gasteiger partial charge in [-0.25, -0.2) is 0 Å². The molecular formula is C18H19N3O. The number of hydrogen-bond donors (Lipinski definition) is 1. The lowest BCUT2D eigenvalue weighted by molar-refractivity contribution is 0.312. The molecule has 2 aromatic carbocycles. The molecule has 1 N–H and O–H groups in total. The lowest BCUT2D eigenvalue weighted by Crippen LogP contribution is -2.45. The molecule has 1 aromatic heterocycles. The summed E-state index contributed by atoms with van der Waals surface area (Å²) in [7, 11) is 2.13. The van der Waals surface area contributed by atoms with Gasteiger partial charge < -0.3 is 14.8 Å². The van der Waals surface area contributed by atoms with Crippen LogP contribution in [0.1, 0.15) is 0 Å². The maximum Gasteiger partial charge on any atom is 0.258 e. The molecule has 0 amide bonds. The van der Waals surface area contributed by atoms with Crippen LogP contribution in [0.25, 0.3) is 21.5 Å². The molecule has 1 fully saturated rings. The van der Waals surface area contributed by atoms with E-state index in [1.54, 1.807) is 0 Å². The molecule has 1 saturated heterocycles. The molecule has 4 nitrogen and oxygen atoms in total. The molecule has 0 bridgehead atoms. The van der Waals surface area contributed by atoms with Crippen molar-refractivity contribution in [3.63, 3.8) is 0 Å². The van der Waals surface area contributed by atoms with Gasteiger partial charge in [0.1, 0.15) is 5.82 Å². The molecule has 2 heterocycles. The van der Waals surface area contributed by atoms with Crippen molar-refractivity contribution in [2.45, 2.75) is 0 Å². The standard InChI is InChI=1S/C18H19N3O/c1-20-8-10-21(11-9-20)16-12-14-7-6-13-4-2-3-5-15(13)17(14)18(22)19-16/h2-7,12H,8-11H2,1H3,(H,19,22). The fraction of sp³-hybridized carbons (Fsp3) is 0.278. The fourth-order valence-electron chi connectivity index (χ4n) is 3.24. The number of piperazine rings is 1. The van der Waals surface area contributed by atoms with E-state index in [2.05, 4.69) is 34.0 Å². The van der Waals surface area contributed by atoms with Crippen molar-refractivity contribution in [3.8, 4) is 0 Å². The number of anilines is 1. The molecule has 0 radical (unpaired) electrons. The molecule has 0 atom stereocenters. The highest BCUT2D eigenvalue weighted by Crippen LogP contribution is 2.25. The Morgan fingerprint density at radius 1 is 0.955 bits per heavy atom. The van der Waals surface area contributed by atoms with Crippen LogP contribution in [0.15, 0.2) is 47.3 Å². The SMILES string of the molecule is CN1CCN(c2cc3ccc4ccccc4c3c(=O)[nH]2)CC1. The summed E-state index contributed by atoms with van der Waals surface area (Å²) in [5, 5.41) is 3.92. The highest BCUT2D eigenvalue weighted by molar-refractivity contribution is 6.07. The first-order chi connectivity index (χ1) is 10.7. The minimum atomic E-state index is 0.00299. The van der Waals surface area contributed by atoms with Crippen molar-refractivity contribution >= 4 is 27.4 Å². The number of benzene rings is 2. The maximum absolute atomic E-state index is 12.6. The molecular weight excluding hydrogens is 274 g/mol. The third-order valence-corrected chi connectivity index (χ3v) is 4.57. The third-order valence-electron chi connectivity index (χ3n) is 4.57. The lowest BCUT2D eigenvalue weighted by Gasteiger charge is -2.33. The van der Waals surface area contributed by atoms with E-state index >= 15 is 0 Å². The van der Waals surface area contributed by atoms with Gasteiger partial charge in [-0.1, -0.05) is 36.4 Å². The Labute approximate surface area is 129 Å². The fourth-order valence-corrected chi connectivity index (χ4v) is 3.24. The van der Waals surface area contributed by atoms with Crippen LogP contribution in [-0.2, 0) is 0 Å². The van der Waals surface area contributed by atoms with Crippen molar-refractivity contribution in [2.24, 2.45) is 0 Å². The van der Waals surface area contributed by atoms with E-state index in [1.807, 2.05) is 30.3 Å². The van der Waals surface area contributed by atoms with Crippen LogP contribution in [0.3, 0.4) is 0 Å². The Kier molecular flexibility index (Phi) is 3.12. The van der Waals surface area contributed by atoms with E-state index in [4.69, 9.17) is 0 Å². The van der Waals surface area contributed by atoms with Gasteiger partial charge in [0.25, 0.3) is 5.56 Å². The van der Waals surface area contributed by atoms with Crippen molar-refractivity contribution in [2.75, 3.05) is 38.1 Å². The number of H-pyrrole nitrogens is 1. The van der Waals surface area contributed by atoms with Crippen molar-refractivity contribution in [3.05, 3.63) is 52.8 Å². The van der Waals surface area contributed by atoms with E-state index < -0.39 is 0 Å². The van der Waals surface area contributed by atoms with Crippen LogP contribution in [0.5, 0.6) is 0 Å². The number of aromatic amines is 1. The second kappa shape index (κ2) is 5.14. The molecule has 0 saturated carbocycles. The van der Waals surface area contributed by atoms with Gasteiger partial charge in [-0.05, 0) is 29.3 Å². The maximum atomic E-state index is 12.6. The van der Waals surface area contributed by atoms with Gasteiger partial charge in [0, 0.05) is 26.2 Å². The zero-order valence-electron chi connectivity index (χ0n) is 12.7. The van der Waals surface area contributed by atoms with Gasteiger partial charge >= 0.3 is 0 Å². The van der Waals surface area contributed by atoms with Gasteiger partial charge in [0.15, 0.2) is 0 Å². The summed E-state index contributed by atoms with van der Waals surface area (Å²) in [6, 6.07) is 14.3. The number of rotatable bonds is 1. The largest absolute Gasteiger partial charge is 0.356 e. The number of fused-ring (bicyclic) bond motifs is 3. The van der Waals surface area contributed by atoms with Crippen molar-refractivity contribution in [1.29, 1.82) is 0 Å². The average molecular weight is 293 g/mol. The number of nitrogens with zero attached hydrogens (tertiary/aromatic N) is 2. The van der Waals surface area contributed by atoms with Crippen LogP contribution < -0.4 is 10.5 Å². The second-order valence-electron chi connectivity index (χ2n) is 6.02. The molecule has 4 rings (SSSR count). The molecule has 0 unspecified atom stereocenters. The molecule has 3 aromatic rings. The highest BCUT2D eigenvalue weighted by Gasteiger charge is 2.16.